The van der Waals surface area contributed by atoms with Gasteiger partial charge in [0.25, 0.3) is 0 Å². The van der Waals surface area contributed by atoms with Crippen molar-refractivity contribution in [3.63, 3.8) is 0 Å². The molecule has 1 fully saturated rings. The van der Waals surface area contributed by atoms with E-state index in [1.807, 2.05) is 6.92 Å². The summed E-state index contributed by atoms with van der Waals surface area (Å²) >= 11 is 4.18. The second-order valence-corrected chi connectivity index (χ2v) is 3.83. The van der Waals surface area contributed by atoms with Gasteiger partial charge in [-0.05, 0) is 6.42 Å². The Balaban J connectivity index is 2.66. The van der Waals surface area contributed by atoms with Gasteiger partial charge in [0.1, 0.15) is 14.0 Å². The van der Waals surface area contributed by atoms with Crippen molar-refractivity contribution < 1.29 is 14.3 Å². The van der Waals surface area contributed by atoms with Crippen molar-refractivity contribution in [2.75, 3.05) is 5.75 Å². The van der Waals surface area contributed by atoms with Gasteiger partial charge in [0.15, 0.2) is 0 Å². The molecule has 0 N–H and O–H groups in total. The molecule has 3 nitrogen and oxygen atoms in total. The van der Waals surface area contributed by atoms with Gasteiger partial charge in [-0.2, -0.15) is 12.6 Å². The zero-order valence-electron chi connectivity index (χ0n) is 8.47. The van der Waals surface area contributed by atoms with E-state index in [-0.39, 0.29) is 24.1 Å². The molecule has 1 saturated heterocycles. The maximum Gasteiger partial charge on any atom is 0.302 e. The Bertz CT molecular complexity index is 212. The second-order valence-electron chi connectivity index (χ2n) is 3.47. The fourth-order valence-corrected chi connectivity index (χ4v) is 2.21. The van der Waals surface area contributed by atoms with Crippen LogP contribution in [0.15, 0.2) is 0 Å². The lowest BCUT2D eigenvalue weighted by molar-refractivity contribution is -0.148. The highest BCUT2D eigenvalue weighted by Crippen LogP contribution is 2.31. The maximum absolute atomic E-state index is 10.8. The third-order valence-corrected chi connectivity index (χ3v) is 2.87. The summed E-state index contributed by atoms with van der Waals surface area (Å²) in [7, 11) is 5.73. The van der Waals surface area contributed by atoms with Gasteiger partial charge >= 0.3 is 5.97 Å². The molecule has 0 aromatic rings. The van der Waals surface area contributed by atoms with Crippen LogP contribution in [0.25, 0.3) is 0 Å². The van der Waals surface area contributed by atoms with Crippen LogP contribution in [-0.2, 0) is 14.3 Å². The summed E-state index contributed by atoms with van der Waals surface area (Å²) in [5.41, 5.74) is 0. The molecule has 0 aromatic carbocycles. The Kier molecular flexibility index (Phi) is 4.32. The zero-order valence-corrected chi connectivity index (χ0v) is 9.37. The van der Waals surface area contributed by atoms with Gasteiger partial charge in [-0.1, -0.05) is 6.92 Å². The summed E-state index contributed by atoms with van der Waals surface area (Å²) in [6.07, 6.45) is 0.536. The topological polar surface area (TPSA) is 35.5 Å². The Hall–Kier alpha value is -0.155. The van der Waals surface area contributed by atoms with Crippen LogP contribution in [0.2, 0.25) is 0 Å². The van der Waals surface area contributed by atoms with Crippen LogP contribution in [0.5, 0.6) is 0 Å². The van der Waals surface area contributed by atoms with Crippen molar-refractivity contribution in [1.82, 2.24) is 0 Å². The van der Waals surface area contributed by atoms with Crippen molar-refractivity contribution in [2.24, 2.45) is 5.92 Å². The maximum atomic E-state index is 10.8. The number of esters is 1. The average Bonchev–Trinajstić information content (AvgIpc) is 2.42. The summed E-state index contributed by atoms with van der Waals surface area (Å²) in [5, 5.41) is 0. The standard InChI is InChI=1S/C9H15BO3S/c1-3-6-7(4-14)13-9(10)8(6)12-5(2)11/h6-9,14H,3-4H2,1-2H3. The average molecular weight is 214 g/mol. The van der Waals surface area contributed by atoms with E-state index in [2.05, 4.69) is 12.6 Å². The van der Waals surface area contributed by atoms with Crippen LogP contribution in [-0.4, -0.2) is 37.8 Å². The van der Waals surface area contributed by atoms with Crippen LogP contribution < -0.4 is 0 Å². The van der Waals surface area contributed by atoms with Gasteiger partial charge in [-0.3, -0.25) is 4.79 Å². The van der Waals surface area contributed by atoms with Crippen LogP contribution in [0, 0.1) is 5.92 Å². The molecule has 78 valence electrons. The molecule has 0 saturated carbocycles. The summed E-state index contributed by atoms with van der Waals surface area (Å²) < 4.78 is 10.6. The van der Waals surface area contributed by atoms with Crippen LogP contribution in [0.1, 0.15) is 20.3 Å². The van der Waals surface area contributed by atoms with E-state index in [9.17, 15) is 4.79 Å². The van der Waals surface area contributed by atoms with Crippen molar-refractivity contribution in [3.8, 4) is 0 Å². The third kappa shape index (κ3) is 2.45. The normalized spacial score (nSPS) is 37.1. The second kappa shape index (κ2) is 5.07. The molecule has 0 aliphatic carbocycles. The van der Waals surface area contributed by atoms with Gasteiger partial charge in [0.05, 0.1) is 12.1 Å². The molecule has 1 aliphatic heterocycles. The summed E-state index contributed by atoms with van der Waals surface area (Å²) in [4.78, 5) is 10.8. The minimum atomic E-state index is -0.513. The molecule has 4 unspecified atom stereocenters. The quantitative estimate of drug-likeness (QED) is 0.428. The molecule has 0 amide bonds. The van der Waals surface area contributed by atoms with Crippen molar-refractivity contribution in [3.05, 3.63) is 0 Å². The highest BCUT2D eigenvalue weighted by molar-refractivity contribution is 7.80. The van der Waals surface area contributed by atoms with E-state index in [4.69, 9.17) is 17.3 Å². The Labute approximate surface area is 91.3 Å². The lowest BCUT2D eigenvalue weighted by Crippen LogP contribution is -2.32. The minimum Gasteiger partial charge on any atom is -0.460 e. The molecule has 5 heteroatoms. The van der Waals surface area contributed by atoms with E-state index in [1.165, 1.54) is 6.92 Å². The van der Waals surface area contributed by atoms with Crippen molar-refractivity contribution >= 4 is 26.4 Å². The molecule has 4 atom stereocenters. The first kappa shape index (κ1) is 11.9. The van der Waals surface area contributed by atoms with E-state index in [1.54, 1.807) is 0 Å². The van der Waals surface area contributed by atoms with E-state index in [0.29, 0.717) is 5.75 Å². The Morgan fingerprint density at radius 3 is 2.71 bits per heavy atom. The Morgan fingerprint density at radius 1 is 1.64 bits per heavy atom. The first-order valence-electron chi connectivity index (χ1n) is 4.79. The zero-order chi connectivity index (χ0) is 10.7. The number of ether oxygens (including phenoxy) is 2. The number of carbonyl (C=O) groups excluding carboxylic acids is 1. The molecule has 0 aromatic heterocycles. The fourth-order valence-electron chi connectivity index (χ4n) is 1.86. The largest absolute Gasteiger partial charge is 0.460 e. The lowest BCUT2D eigenvalue weighted by atomic mass is 9.86. The number of carbonyl (C=O) groups is 1. The molecule has 1 heterocycles. The van der Waals surface area contributed by atoms with Crippen molar-refractivity contribution in [1.29, 1.82) is 0 Å². The van der Waals surface area contributed by atoms with Crippen LogP contribution in [0.4, 0.5) is 0 Å². The van der Waals surface area contributed by atoms with Crippen LogP contribution >= 0.6 is 12.6 Å². The first-order valence-corrected chi connectivity index (χ1v) is 5.42. The number of thiol groups is 1. The number of rotatable bonds is 3. The molecular weight excluding hydrogens is 199 g/mol. The van der Waals surface area contributed by atoms with E-state index in [0.717, 1.165) is 6.42 Å². The molecule has 1 aliphatic rings. The Morgan fingerprint density at radius 2 is 2.29 bits per heavy atom. The van der Waals surface area contributed by atoms with Gasteiger partial charge in [0.2, 0.25) is 0 Å². The van der Waals surface area contributed by atoms with Crippen molar-refractivity contribution in [2.45, 2.75) is 38.5 Å². The monoisotopic (exact) mass is 214 g/mol. The van der Waals surface area contributed by atoms with Gasteiger partial charge in [-0.25, -0.2) is 0 Å². The summed E-state index contributed by atoms with van der Waals surface area (Å²) in [6.45, 7) is 3.41. The van der Waals surface area contributed by atoms with Gasteiger partial charge in [0, 0.05) is 18.6 Å². The highest BCUT2D eigenvalue weighted by Gasteiger charge is 2.41. The molecule has 0 spiro atoms. The van der Waals surface area contributed by atoms with Crippen LogP contribution in [0.3, 0.4) is 0 Å². The van der Waals surface area contributed by atoms with Gasteiger partial charge < -0.3 is 9.47 Å². The minimum absolute atomic E-state index is 0.0114. The number of hydrogen-bond acceptors (Lipinski definition) is 4. The molecule has 0 bridgehead atoms. The lowest BCUT2D eigenvalue weighted by Gasteiger charge is -2.21. The molecule has 1 rings (SSSR count). The fraction of sp³-hybridized carbons (Fsp3) is 0.889. The smallest absolute Gasteiger partial charge is 0.302 e. The van der Waals surface area contributed by atoms with E-state index < -0.39 is 6.00 Å². The summed E-state index contributed by atoms with van der Waals surface area (Å²) in [6, 6.07) is -0.513. The molecular formula is C9H15BO3S. The molecule has 14 heavy (non-hydrogen) atoms. The van der Waals surface area contributed by atoms with E-state index >= 15 is 0 Å². The number of hydrogen-bond donors (Lipinski definition) is 1. The SMILES string of the molecule is [B]C1OC(CS)C(CC)C1OC(C)=O. The third-order valence-electron chi connectivity index (χ3n) is 2.51. The summed E-state index contributed by atoms with van der Waals surface area (Å²) in [5.74, 6) is 0.447. The first-order chi connectivity index (χ1) is 6.60. The predicted molar refractivity (Wildman–Crippen MR) is 57.6 cm³/mol. The predicted octanol–water partition coefficient (Wildman–Crippen LogP) is 0.767. The van der Waals surface area contributed by atoms with Gasteiger partial charge in [-0.15, -0.1) is 0 Å². The highest BCUT2D eigenvalue weighted by atomic mass is 32.1. The molecule has 2 radical (unpaired) electrons.